The van der Waals surface area contributed by atoms with Gasteiger partial charge in [0.1, 0.15) is 0 Å². The van der Waals surface area contributed by atoms with Crippen LogP contribution in [0, 0.1) is 5.92 Å². The SMILES string of the molecule is CC1(C)SCN2C3CNCC3CC21. The van der Waals surface area contributed by atoms with Crippen molar-refractivity contribution >= 4 is 11.8 Å². The lowest BCUT2D eigenvalue weighted by Crippen LogP contribution is -2.40. The van der Waals surface area contributed by atoms with Crippen molar-refractivity contribution in [1.82, 2.24) is 10.2 Å². The van der Waals surface area contributed by atoms with E-state index in [2.05, 4.69) is 35.8 Å². The first-order valence-corrected chi connectivity index (χ1v) is 6.27. The van der Waals surface area contributed by atoms with Crippen LogP contribution in [0.25, 0.3) is 0 Å². The Morgan fingerprint density at radius 2 is 2.23 bits per heavy atom. The van der Waals surface area contributed by atoms with Crippen LogP contribution in [-0.4, -0.2) is 40.7 Å². The molecule has 3 atom stereocenters. The van der Waals surface area contributed by atoms with Gasteiger partial charge in [-0.1, -0.05) is 0 Å². The zero-order valence-corrected chi connectivity index (χ0v) is 9.23. The van der Waals surface area contributed by atoms with Crippen LogP contribution in [0.3, 0.4) is 0 Å². The predicted molar refractivity (Wildman–Crippen MR) is 56.9 cm³/mol. The molecule has 0 aliphatic carbocycles. The lowest BCUT2D eigenvalue weighted by molar-refractivity contribution is 0.225. The lowest BCUT2D eigenvalue weighted by atomic mass is 9.96. The molecule has 3 rings (SSSR count). The summed E-state index contributed by atoms with van der Waals surface area (Å²) in [7, 11) is 0. The van der Waals surface area contributed by atoms with Crippen LogP contribution < -0.4 is 5.32 Å². The van der Waals surface area contributed by atoms with Crippen molar-refractivity contribution in [3.05, 3.63) is 0 Å². The van der Waals surface area contributed by atoms with Crippen molar-refractivity contribution in [3.8, 4) is 0 Å². The Morgan fingerprint density at radius 1 is 1.38 bits per heavy atom. The Labute approximate surface area is 84.4 Å². The standard InChI is InChI=1S/C10H18N2S/c1-10(2)9-3-7-4-11-5-8(7)12(9)6-13-10/h7-9,11H,3-6H2,1-2H3. The van der Waals surface area contributed by atoms with Crippen LogP contribution in [0.15, 0.2) is 0 Å². The average Bonchev–Trinajstić information content (AvgIpc) is 2.63. The quantitative estimate of drug-likeness (QED) is 0.628. The third-order valence-electron chi connectivity index (χ3n) is 4.04. The monoisotopic (exact) mass is 198 g/mol. The number of thioether (sulfide) groups is 1. The molecule has 74 valence electrons. The molecule has 3 saturated heterocycles. The molecule has 0 spiro atoms. The molecule has 3 aliphatic heterocycles. The predicted octanol–water partition coefficient (Wildman–Crippen LogP) is 1.13. The van der Waals surface area contributed by atoms with E-state index < -0.39 is 0 Å². The van der Waals surface area contributed by atoms with Gasteiger partial charge in [0.05, 0.1) is 0 Å². The first-order valence-electron chi connectivity index (χ1n) is 5.29. The molecule has 0 bridgehead atoms. The second-order valence-corrected chi connectivity index (χ2v) is 6.73. The summed E-state index contributed by atoms with van der Waals surface area (Å²) < 4.78 is 0.504. The van der Waals surface area contributed by atoms with Gasteiger partial charge in [0.25, 0.3) is 0 Å². The van der Waals surface area contributed by atoms with Gasteiger partial charge in [-0.3, -0.25) is 4.90 Å². The second-order valence-electron chi connectivity index (χ2n) is 5.13. The molecule has 3 aliphatic rings. The normalized spacial score (nSPS) is 48.0. The molecule has 3 heteroatoms. The highest BCUT2D eigenvalue weighted by Gasteiger charge is 2.52. The van der Waals surface area contributed by atoms with E-state index in [1.807, 2.05) is 0 Å². The third kappa shape index (κ3) is 1.10. The molecule has 0 amide bonds. The van der Waals surface area contributed by atoms with Gasteiger partial charge in [-0.25, -0.2) is 0 Å². The Kier molecular flexibility index (Phi) is 1.74. The lowest BCUT2D eigenvalue weighted by Gasteiger charge is -2.27. The fourth-order valence-corrected chi connectivity index (χ4v) is 4.48. The number of hydrogen-bond acceptors (Lipinski definition) is 3. The maximum Gasteiger partial charge on any atom is 0.0457 e. The van der Waals surface area contributed by atoms with Crippen molar-refractivity contribution in [1.29, 1.82) is 0 Å². The number of hydrogen-bond donors (Lipinski definition) is 1. The Hall–Kier alpha value is 0.270. The highest BCUT2D eigenvalue weighted by atomic mass is 32.2. The van der Waals surface area contributed by atoms with Crippen LogP contribution in [0.4, 0.5) is 0 Å². The molecular weight excluding hydrogens is 180 g/mol. The smallest absolute Gasteiger partial charge is 0.0457 e. The minimum Gasteiger partial charge on any atom is -0.315 e. The van der Waals surface area contributed by atoms with E-state index in [0.717, 1.165) is 18.0 Å². The molecule has 3 fully saturated rings. The first-order chi connectivity index (χ1) is 6.18. The van der Waals surface area contributed by atoms with Gasteiger partial charge in [-0.2, -0.15) is 0 Å². The maximum absolute atomic E-state index is 3.51. The van der Waals surface area contributed by atoms with E-state index >= 15 is 0 Å². The van der Waals surface area contributed by atoms with Crippen LogP contribution in [0.5, 0.6) is 0 Å². The maximum atomic E-state index is 3.51. The van der Waals surface area contributed by atoms with Gasteiger partial charge in [0.2, 0.25) is 0 Å². The van der Waals surface area contributed by atoms with Gasteiger partial charge >= 0.3 is 0 Å². The van der Waals surface area contributed by atoms with Crippen LogP contribution in [0.2, 0.25) is 0 Å². The first kappa shape index (κ1) is 8.57. The van der Waals surface area contributed by atoms with Gasteiger partial charge in [0.15, 0.2) is 0 Å². The molecule has 3 heterocycles. The Morgan fingerprint density at radius 3 is 3.08 bits per heavy atom. The Bertz CT molecular complexity index is 229. The van der Waals surface area contributed by atoms with Crippen molar-refractivity contribution in [2.75, 3.05) is 19.0 Å². The minimum absolute atomic E-state index is 0.504. The Balaban J connectivity index is 1.86. The molecule has 2 nitrogen and oxygen atoms in total. The van der Waals surface area contributed by atoms with Crippen molar-refractivity contribution in [3.63, 3.8) is 0 Å². The van der Waals surface area contributed by atoms with Crippen molar-refractivity contribution < 1.29 is 0 Å². The summed E-state index contributed by atoms with van der Waals surface area (Å²) in [5, 5.41) is 3.51. The van der Waals surface area contributed by atoms with Gasteiger partial charge in [0, 0.05) is 29.3 Å². The largest absolute Gasteiger partial charge is 0.315 e. The fraction of sp³-hybridized carbons (Fsp3) is 1.00. The summed E-state index contributed by atoms with van der Waals surface area (Å²) in [5.41, 5.74) is 0. The minimum atomic E-state index is 0.504. The molecule has 13 heavy (non-hydrogen) atoms. The summed E-state index contributed by atoms with van der Waals surface area (Å²) in [6.07, 6.45) is 1.43. The highest BCUT2D eigenvalue weighted by Crippen LogP contribution is 2.48. The van der Waals surface area contributed by atoms with E-state index in [0.29, 0.717) is 4.75 Å². The molecule has 3 unspecified atom stereocenters. The molecule has 0 saturated carbocycles. The van der Waals surface area contributed by atoms with Gasteiger partial charge < -0.3 is 5.32 Å². The zero-order chi connectivity index (χ0) is 9.05. The fourth-order valence-electron chi connectivity index (χ4n) is 3.21. The van der Waals surface area contributed by atoms with E-state index in [1.165, 1.54) is 25.4 Å². The zero-order valence-electron chi connectivity index (χ0n) is 8.42. The van der Waals surface area contributed by atoms with Gasteiger partial charge in [-0.15, -0.1) is 11.8 Å². The third-order valence-corrected chi connectivity index (χ3v) is 5.49. The van der Waals surface area contributed by atoms with E-state index in [-0.39, 0.29) is 0 Å². The summed E-state index contributed by atoms with van der Waals surface area (Å²) in [4.78, 5) is 2.75. The molecular formula is C10H18N2S. The number of rotatable bonds is 0. The van der Waals surface area contributed by atoms with E-state index in [9.17, 15) is 0 Å². The number of fused-ring (bicyclic) bond motifs is 3. The second kappa shape index (κ2) is 2.65. The van der Waals surface area contributed by atoms with Crippen LogP contribution in [-0.2, 0) is 0 Å². The summed E-state index contributed by atoms with van der Waals surface area (Å²) in [5.74, 6) is 2.21. The summed E-state index contributed by atoms with van der Waals surface area (Å²) >= 11 is 2.14. The van der Waals surface area contributed by atoms with Gasteiger partial charge in [-0.05, 0) is 32.7 Å². The number of nitrogens with one attached hydrogen (secondary N) is 1. The topological polar surface area (TPSA) is 15.3 Å². The molecule has 0 aromatic heterocycles. The number of nitrogens with zero attached hydrogens (tertiary/aromatic N) is 1. The average molecular weight is 198 g/mol. The van der Waals surface area contributed by atoms with E-state index in [4.69, 9.17) is 0 Å². The van der Waals surface area contributed by atoms with Crippen molar-refractivity contribution in [2.24, 2.45) is 5.92 Å². The van der Waals surface area contributed by atoms with Crippen LogP contribution in [0.1, 0.15) is 20.3 Å². The highest BCUT2D eigenvalue weighted by molar-refractivity contribution is 8.00. The molecule has 1 N–H and O–H groups in total. The van der Waals surface area contributed by atoms with E-state index in [1.54, 1.807) is 0 Å². The summed E-state index contributed by atoms with van der Waals surface area (Å²) in [6.45, 7) is 7.32. The van der Waals surface area contributed by atoms with Crippen molar-refractivity contribution in [2.45, 2.75) is 37.1 Å². The molecule has 0 aromatic carbocycles. The molecule has 0 radical (unpaired) electrons. The molecule has 0 aromatic rings. The summed E-state index contributed by atoms with van der Waals surface area (Å²) in [6, 6.07) is 1.72. The van der Waals surface area contributed by atoms with Crippen LogP contribution >= 0.6 is 11.8 Å².